The summed E-state index contributed by atoms with van der Waals surface area (Å²) in [6, 6.07) is 12.7. The van der Waals surface area contributed by atoms with Crippen molar-refractivity contribution in [3.05, 3.63) is 48.8 Å². The number of fused-ring (bicyclic) bond motifs is 1. The van der Waals surface area contributed by atoms with Gasteiger partial charge < -0.3 is 14.2 Å². The Hall–Kier alpha value is -2.66. The number of nitrogens with zero attached hydrogens (tertiary/aromatic N) is 2. The van der Waals surface area contributed by atoms with Gasteiger partial charge in [0.05, 0.1) is 13.2 Å². The number of aromatic nitrogens is 2. The SMILES string of the molecule is COc1ncc(-c2c(OCC3CCCCO3)ccc3ccccc23)cn1. The van der Waals surface area contributed by atoms with E-state index in [0.29, 0.717) is 12.6 Å². The van der Waals surface area contributed by atoms with E-state index in [-0.39, 0.29) is 6.10 Å². The van der Waals surface area contributed by atoms with E-state index in [1.54, 1.807) is 19.5 Å². The second-order valence-corrected chi connectivity index (χ2v) is 6.42. The molecule has 0 bridgehead atoms. The fourth-order valence-electron chi connectivity index (χ4n) is 3.34. The van der Waals surface area contributed by atoms with Crippen molar-refractivity contribution in [2.75, 3.05) is 20.3 Å². The molecule has 1 unspecified atom stereocenters. The van der Waals surface area contributed by atoms with Crippen LogP contribution < -0.4 is 9.47 Å². The summed E-state index contributed by atoms with van der Waals surface area (Å²) in [7, 11) is 1.56. The maximum atomic E-state index is 6.18. The Balaban J connectivity index is 1.71. The highest BCUT2D eigenvalue weighted by molar-refractivity contribution is 5.99. The molecule has 5 nitrogen and oxygen atoms in total. The molecular formula is C21H22N2O3. The van der Waals surface area contributed by atoms with Crippen molar-refractivity contribution in [1.82, 2.24) is 9.97 Å². The van der Waals surface area contributed by atoms with Crippen molar-refractivity contribution in [2.24, 2.45) is 0 Å². The standard InChI is InChI=1S/C21H22N2O3/c1-24-21-22-12-16(13-23-21)20-18-8-3-2-6-15(18)9-10-19(20)26-14-17-7-4-5-11-25-17/h2-3,6,8-10,12-13,17H,4-5,7,11,14H2,1H3. The average Bonchev–Trinajstić information content (AvgIpc) is 2.72. The van der Waals surface area contributed by atoms with Gasteiger partial charge in [0.1, 0.15) is 12.4 Å². The minimum atomic E-state index is 0.162. The highest BCUT2D eigenvalue weighted by Crippen LogP contribution is 2.37. The molecule has 1 aliphatic rings. The van der Waals surface area contributed by atoms with Crippen molar-refractivity contribution >= 4 is 10.8 Å². The van der Waals surface area contributed by atoms with Crippen LogP contribution in [0.15, 0.2) is 48.8 Å². The molecule has 0 saturated carbocycles. The molecule has 0 N–H and O–H groups in total. The zero-order valence-electron chi connectivity index (χ0n) is 14.9. The van der Waals surface area contributed by atoms with Crippen LogP contribution >= 0.6 is 0 Å². The van der Waals surface area contributed by atoms with Gasteiger partial charge in [0, 0.05) is 30.1 Å². The zero-order chi connectivity index (χ0) is 17.8. The van der Waals surface area contributed by atoms with Crippen LogP contribution in [0.1, 0.15) is 19.3 Å². The number of rotatable bonds is 5. The van der Waals surface area contributed by atoms with Crippen LogP contribution in [0.4, 0.5) is 0 Å². The molecule has 3 aromatic rings. The molecule has 4 rings (SSSR count). The third-order valence-corrected chi connectivity index (χ3v) is 4.69. The molecule has 0 amide bonds. The van der Waals surface area contributed by atoms with Crippen LogP contribution in [0, 0.1) is 0 Å². The molecule has 1 aliphatic heterocycles. The van der Waals surface area contributed by atoms with Gasteiger partial charge in [0.2, 0.25) is 0 Å². The van der Waals surface area contributed by atoms with E-state index in [0.717, 1.165) is 47.1 Å². The smallest absolute Gasteiger partial charge is 0.316 e. The fraction of sp³-hybridized carbons (Fsp3) is 0.333. The Morgan fingerprint density at radius 1 is 1.08 bits per heavy atom. The summed E-state index contributed by atoms with van der Waals surface area (Å²) in [5.74, 6) is 0.826. The third kappa shape index (κ3) is 3.48. The predicted octanol–water partition coefficient (Wildman–Crippen LogP) is 4.25. The molecule has 2 heterocycles. The first-order valence-corrected chi connectivity index (χ1v) is 8.98. The molecule has 1 fully saturated rings. The number of hydrogen-bond acceptors (Lipinski definition) is 5. The summed E-state index contributed by atoms with van der Waals surface area (Å²) in [4.78, 5) is 8.52. The summed E-state index contributed by atoms with van der Waals surface area (Å²) < 4.78 is 17.1. The summed E-state index contributed by atoms with van der Waals surface area (Å²) in [5.41, 5.74) is 1.91. The Morgan fingerprint density at radius 3 is 2.69 bits per heavy atom. The van der Waals surface area contributed by atoms with Crippen molar-refractivity contribution in [3.8, 4) is 22.9 Å². The van der Waals surface area contributed by atoms with Gasteiger partial charge in [-0.05, 0) is 36.1 Å². The first-order chi connectivity index (χ1) is 12.8. The highest BCUT2D eigenvalue weighted by Gasteiger charge is 2.17. The van der Waals surface area contributed by atoms with Crippen LogP contribution in [0.5, 0.6) is 11.8 Å². The Kier molecular flexibility index (Phi) is 4.97. The lowest BCUT2D eigenvalue weighted by Crippen LogP contribution is -2.25. The molecule has 1 saturated heterocycles. The number of ether oxygens (including phenoxy) is 3. The van der Waals surface area contributed by atoms with Gasteiger partial charge in [-0.3, -0.25) is 0 Å². The number of methoxy groups -OCH3 is 1. The number of benzene rings is 2. The molecule has 2 aromatic carbocycles. The van der Waals surface area contributed by atoms with Crippen LogP contribution in [0.25, 0.3) is 21.9 Å². The van der Waals surface area contributed by atoms with E-state index in [9.17, 15) is 0 Å². The molecule has 0 aliphatic carbocycles. The minimum absolute atomic E-state index is 0.162. The van der Waals surface area contributed by atoms with Gasteiger partial charge in [0.25, 0.3) is 0 Å². The lowest BCUT2D eigenvalue weighted by molar-refractivity contribution is -0.0109. The Morgan fingerprint density at radius 2 is 1.92 bits per heavy atom. The van der Waals surface area contributed by atoms with Crippen LogP contribution in [0.3, 0.4) is 0 Å². The van der Waals surface area contributed by atoms with Gasteiger partial charge in [-0.25, -0.2) is 9.97 Å². The van der Waals surface area contributed by atoms with E-state index in [2.05, 4.69) is 28.2 Å². The largest absolute Gasteiger partial charge is 0.490 e. The van der Waals surface area contributed by atoms with Crippen molar-refractivity contribution in [3.63, 3.8) is 0 Å². The summed E-state index contributed by atoms with van der Waals surface area (Å²) in [5, 5.41) is 2.27. The fourth-order valence-corrected chi connectivity index (χ4v) is 3.34. The van der Waals surface area contributed by atoms with Gasteiger partial charge >= 0.3 is 6.01 Å². The van der Waals surface area contributed by atoms with Crippen LogP contribution in [0.2, 0.25) is 0 Å². The first kappa shape index (κ1) is 16.8. The van der Waals surface area contributed by atoms with Gasteiger partial charge in [0.15, 0.2) is 0 Å². The maximum absolute atomic E-state index is 6.18. The average molecular weight is 350 g/mol. The van der Waals surface area contributed by atoms with Crippen molar-refractivity contribution < 1.29 is 14.2 Å². The summed E-state index contributed by atoms with van der Waals surface area (Å²) >= 11 is 0. The molecule has 26 heavy (non-hydrogen) atoms. The topological polar surface area (TPSA) is 53.5 Å². The van der Waals surface area contributed by atoms with Crippen LogP contribution in [-0.4, -0.2) is 36.4 Å². The summed E-state index contributed by atoms with van der Waals surface area (Å²) in [6.07, 6.45) is 7.10. The monoisotopic (exact) mass is 350 g/mol. The Bertz CT molecular complexity index is 874. The van der Waals surface area contributed by atoms with E-state index in [4.69, 9.17) is 14.2 Å². The predicted molar refractivity (Wildman–Crippen MR) is 101 cm³/mol. The molecule has 1 atom stereocenters. The summed E-state index contributed by atoms with van der Waals surface area (Å²) in [6.45, 7) is 1.38. The van der Waals surface area contributed by atoms with Gasteiger partial charge in [-0.2, -0.15) is 0 Å². The molecule has 1 aromatic heterocycles. The van der Waals surface area contributed by atoms with Crippen molar-refractivity contribution in [1.29, 1.82) is 0 Å². The molecule has 0 spiro atoms. The first-order valence-electron chi connectivity index (χ1n) is 8.98. The maximum Gasteiger partial charge on any atom is 0.316 e. The van der Waals surface area contributed by atoms with Crippen LogP contribution in [-0.2, 0) is 4.74 Å². The van der Waals surface area contributed by atoms with Crippen molar-refractivity contribution in [2.45, 2.75) is 25.4 Å². The lowest BCUT2D eigenvalue weighted by Gasteiger charge is -2.23. The second-order valence-electron chi connectivity index (χ2n) is 6.42. The quantitative estimate of drug-likeness (QED) is 0.688. The van der Waals surface area contributed by atoms with E-state index in [1.165, 1.54) is 6.42 Å². The zero-order valence-corrected chi connectivity index (χ0v) is 14.9. The molecular weight excluding hydrogens is 328 g/mol. The molecule has 5 heteroatoms. The minimum Gasteiger partial charge on any atom is -0.490 e. The van der Waals surface area contributed by atoms with E-state index >= 15 is 0 Å². The lowest BCUT2D eigenvalue weighted by atomic mass is 9.99. The van der Waals surface area contributed by atoms with Gasteiger partial charge in [-0.1, -0.05) is 30.3 Å². The molecule has 0 radical (unpaired) electrons. The van der Waals surface area contributed by atoms with E-state index < -0.39 is 0 Å². The highest BCUT2D eigenvalue weighted by atomic mass is 16.5. The third-order valence-electron chi connectivity index (χ3n) is 4.69. The van der Waals surface area contributed by atoms with Gasteiger partial charge in [-0.15, -0.1) is 0 Å². The normalized spacial score (nSPS) is 17.2. The Labute approximate surface area is 152 Å². The van der Waals surface area contributed by atoms with E-state index in [1.807, 2.05) is 18.2 Å². The second kappa shape index (κ2) is 7.70. The number of hydrogen-bond donors (Lipinski definition) is 0. The molecule has 134 valence electrons.